The van der Waals surface area contributed by atoms with E-state index in [-0.39, 0.29) is 24.0 Å². The molecule has 2 atom stereocenters. The van der Waals surface area contributed by atoms with Gasteiger partial charge in [0.05, 0.1) is 46.0 Å². The Morgan fingerprint density at radius 3 is 2.71 bits per heavy atom. The molecule has 7 rings (SSSR count). The summed E-state index contributed by atoms with van der Waals surface area (Å²) in [6.07, 6.45) is 5.23. The lowest BCUT2D eigenvalue weighted by molar-refractivity contribution is -0.119. The van der Waals surface area contributed by atoms with E-state index in [1.807, 2.05) is 29.8 Å². The van der Waals surface area contributed by atoms with Crippen molar-refractivity contribution < 1.29 is 19.1 Å². The van der Waals surface area contributed by atoms with Gasteiger partial charge in [0.15, 0.2) is 5.82 Å². The van der Waals surface area contributed by atoms with Crippen LogP contribution in [0.3, 0.4) is 0 Å². The van der Waals surface area contributed by atoms with Crippen molar-refractivity contribution >= 4 is 40.7 Å². The van der Waals surface area contributed by atoms with E-state index in [0.29, 0.717) is 76.0 Å². The molecule has 49 heavy (non-hydrogen) atoms. The van der Waals surface area contributed by atoms with E-state index in [4.69, 9.17) is 42.6 Å². The molecule has 0 bridgehead atoms. The number of nitrogens with one attached hydrogen (secondary N) is 3. The molecule has 14 heteroatoms. The first-order valence-electron chi connectivity index (χ1n) is 16.5. The van der Waals surface area contributed by atoms with Crippen LogP contribution in [0.4, 0.5) is 5.69 Å². The highest BCUT2D eigenvalue weighted by Gasteiger charge is 2.29. The molecule has 1 aromatic carbocycles. The second kappa shape index (κ2) is 14.4. The molecule has 2 saturated heterocycles. The fourth-order valence-electron chi connectivity index (χ4n) is 6.62. The van der Waals surface area contributed by atoms with Gasteiger partial charge in [0.25, 0.3) is 5.91 Å². The zero-order valence-electron chi connectivity index (χ0n) is 27.4. The highest BCUT2D eigenvalue weighted by molar-refractivity contribution is 6.39. The maximum atomic E-state index is 13.5. The lowest BCUT2D eigenvalue weighted by atomic mass is 10.1. The Balaban J connectivity index is 1.07. The molecule has 6 heterocycles. The first-order valence-corrected chi connectivity index (χ1v) is 17.2. The van der Waals surface area contributed by atoms with Crippen LogP contribution in [0.15, 0.2) is 42.6 Å². The van der Waals surface area contributed by atoms with Gasteiger partial charge in [-0.15, -0.1) is 0 Å². The van der Waals surface area contributed by atoms with Crippen molar-refractivity contribution in [3.8, 4) is 28.4 Å². The molecule has 2 fully saturated rings. The Morgan fingerprint density at radius 1 is 1.10 bits per heavy atom. The number of amides is 2. The Hall–Kier alpha value is -4.07. The summed E-state index contributed by atoms with van der Waals surface area (Å²) in [5.74, 6) is 0.534. The van der Waals surface area contributed by atoms with E-state index in [2.05, 4.69) is 25.8 Å². The number of ether oxygens (including phenoxy) is 2. The number of carbonyl (C=O) groups is 2. The second-order valence-electron chi connectivity index (χ2n) is 12.6. The second-order valence-corrected chi connectivity index (χ2v) is 13.4. The van der Waals surface area contributed by atoms with Crippen LogP contribution in [-0.4, -0.2) is 81.7 Å². The SMILES string of the molecule is COc1nc(-c2ccnc(-c3cccc(NC(=O)c4nc5c(n4C)CCN(C[C@@H]4CCO4)C5)c3Cl)c2Cl)ccc1CNC[C@@H]1CCC(=O)N1. The van der Waals surface area contributed by atoms with Crippen molar-refractivity contribution in [2.75, 3.05) is 38.7 Å². The zero-order valence-corrected chi connectivity index (χ0v) is 28.9. The van der Waals surface area contributed by atoms with E-state index in [1.165, 1.54) is 0 Å². The van der Waals surface area contributed by atoms with Crippen molar-refractivity contribution in [1.29, 1.82) is 0 Å². The molecule has 4 aromatic rings. The van der Waals surface area contributed by atoms with Gasteiger partial charge < -0.3 is 30.0 Å². The van der Waals surface area contributed by atoms with Crippen LogP contribution in [0.5, 0.6) is 5.88 Å². The largest absolute Gasteiger partial charge is 0.481 e. The van der Waals surface area contributed by atoms with Gasteiger partial charge in [0.1, 0.15) is 0 Å². The van der Waals surface area contributed by atoms with Gasteiger partial charge in [-0.2, -0.15) is 0 Å². The molecule has 12 nitrogen and oxygen atoms in total. The standard InChI is InChI=1S/C35H38Cl2N8O4/c1-44-28-11-14-45(18-22-12-15-49-22)19-27(28)41-33(44)34(47)42-26-5-3-4-24(30(26)36)32-31(37)23(10-13-39-32)25-8-6-20(35(43-25)48-2)16-38-17-21-7-9-29(46)40-21/h3-6,8,10,13,21-22,38H,7,9,11-12,14-19H2,1-2H3,(H,40,46)(H,42,47)/t21-,22-/m0/s1. The summed E-state index contributed by atoms with van der Waals surface area (Å²) in [7, 11) is 3.45. The van der Waals surface area contributed by atoms with Crippen molar-refractivity contribution in [3.05, 3.63) is 75.4 Å². The van der Waals surface area contributed by atoms with Gasteiger partial charge >= 0.3 is 0 Å². The molecule has 2 amide bonds. The van der Waals surface area contributed by atoms with Gasteiger partial charge in [-0.25, -0.2) is 9.97 Å². The zero-order chi connectivity index (χ0) is 34.1. The number of hydrogen-bond acceptors (Lipinski definition) is 9. The Morgan fingerprint density at radius 2 is 1.96 bits per heavy atom. The molecule has 0 aliphatic carbocycles. The number of carbonyl (C=O) groups excluding carboxylic acids is 2. The molecular formula is C35H38Cl2N8O4. The molecule has 3 aliphatic heterocycles. The number of pyridine rings is 2. The maximum absolute atomic E-state index is 13.5. The number of benzene rings is 1. The Bertz CT molecular complexity index is 1900. The fraction of sp³-hybridized carbons (Fsp3) is 0.400. The van der Waals surface area contributed by atoms with Crippen LogP contribution in [0.1, 0.15) is 46.8 Å². The Labute approximate surface area is 294 Å². The minimum Gasteiger partial charge on any atom is -0.481 e. The quantitative estimate of drug-likeness (QED) is 0.204. The molecular weight excluding hydrogens is 667 g/mol. The number of rotatable bonds is 11. The number of aromatic nitrogens is 4. The average Bonchev–Trinajstić information content (AvgIpc) is 3.65. The molecule has 0 spiro atoms. The number of imidazole rings is 1. The molecule has 0 radical (unpaired) electrons. The number of fused-ring (bicyclic) bond motifs is 1. The van der Waals surface area contributed by atoms with Crippen LogP contribution in [0.2, 0.25) is 10.0 Å². The minimum atomic E-state index is -0.350. The van der Waals surface area contributed by atoms with Gasteiger partial charge in [-0.1, -0.05) is 41.4 Å². The molecule has 0 unspecified atom stereocenters. The third kappa shape index (κ3) is 7.01. The first-order chi connectivity index (χ1) is 23.8. The molecule has 3 aromatic heterocycles. The monoisotopic (exact) mass is 704 g/mol. The third-order valence-corrected chi connectivity index (χ3v) is 10.2. The summed E-state index contributed by atoms with van der Waals surface area (Å²) in [4.78, 5) is 41.4. The highest BCUT2D eigenvalue weighted by Crippen LogP contribution is 2.40. The van der Waals surface area contributed by atoms with Crippen LogP contribution >= 0.6 is 23.2 Å². The van der Waals surface area contributed by atoms with E-state index in [0.717, 1.165) is 55.9 Å². The lowest BCUT2D eigenvalue weighted by Crippen LogP contribution is -2.42. The van der Waals surface area contributed by atoms with E-state index >= 15 is 0 Å². The number of methoxy groups -OCH3 is 1. The number of anilines is 1. The predicted octanol–water partition coefficient (Wildman–Crippen LogP) is 4.63. The predicted molar refractivity (Wildman–Crippen MR) is 187 cm³/mol. The van der Waals surface area contributed by atoms with E-state index in [9.17, 15) is 9.59 Å². The van der Waals surface area contributed by atoms with Gasteiger partial charge in [0, 0.05) is 93.8 Å². The summed E-state index contributed by atoms with van der Waals surface area (Å²) >= 11 is 13.9. The average molecular weight is 706 g/mol. The number of halogens is 2. The van der Waals surface area contributed by atoms with Crippen molar-refractivity contribution in [2.45, 2.75) is 50.9 Å². The summed E-state index contributed by atoms with van der Waals surface area (Å²) in [6.45, 7) is 4.50. The van der Waals surface area contributed by atoms with Crippen molar-refractivity contribution in [1.82, 2.24) is 35.1 Å². The first kappa shape index (κ1) is 33.4. The van der Waals surface area contributed by atoms with Gasteiger partial charge in [-0.3, -0.25) is 19.5 Å². The van der Waals surface area contributed by atoms with Gasteiger partial charge in [0.2, 0.25) is 11.8 Å². The fourth-order valence-corrected chi connectivity index (χ4v) is 7.19. The molecule has 3 aliphatic rings. The summed E-state index contributed by atoms with van der Waals surface area (Å²) in [5, 5.41) is 9.96. The summed E-state index contributed by atoms with van der Waals surface area (Å²) in [5.41, 5.74) is 5.55. The maximum Gasteiger partial charge on any atom is 0.291 e. The Kier molecular flexibility index (Phi) is 9.84. The topological polar surface area (TPSA) is 136 Å². The third-order valence-electron chi connectivity index (χ3n) is 9.38. The summed E-state index contributed by atoms with van der Waals surface area (Å²) < 4.78 is 13.1. The normalized spacial score (nSPS) is 18.9. The van der Waals surface area contributed by atoms with Crippen molar-refractivity contribution in [2.24, 2.45) is 7.05 Å². The van der Waals surface area contributed by atoms with Crippen LogP contribution < -0.4 is 20.7 Å². The number of hydrogen-bond donors (Lipinski definition) is 3. The minimum absolute atomic E-state index is 0.0895. The smallest absolute Gasteiger partial charge is 0.291 e. The lowest BCUT2D eigenvalue weighted by Gasteiger charge is -2.34. The summed E-state index contributed by atoms with van der Waals surface area (Å²) in [6, 6.07) is 11.1. The van der Waals surface area contributed by atoms with Crippen LogP contribution in [0.25, 0.3) is 22.5 Å². The molecule has 0 saturated carbocycles. The highest BCUT2D eigenvalue weighted by atomic mass is 35.5. The van der Waals surface area contributed by atoms with Crippen molar-refractivity contribution in [3.63, 3.8) is 0 Å². The van der Waals surface area contributed by atoms with Gasteiger partial charge in [-0.05, 0) is 31.0 Å². The van der Waals surface area contributed by atoms with Crippen LogP contribution in [-0.2, 0) is 36.1 Å². The van der Waals surface area contributed by atoms with Crippen LogP contribution in [0, 0.1) is 0 Å². The van der Waals surface area contributed by atoms with E-state index < -0.39 is 0 Å². The molecule has 256 valence electrons. The number of nitrogens with zero attached hydrogens (tertiary/aromatic N) is 5. The molecule has 3 N–H and O–H groups in total. The van der Waals surface area contributed by atoms with E-state index in [1.54, 1.807) is 31.5 Å².